The Morgan fingerprint density at radius 3 is 2.25 bits per heavy atom. The van der Waals surface area contributed by atoms with Crippen LogP contribution in [0.4, 0.5) is 23.2 Å². The van der Waals surface area contributed by atoms with Gasteiger partial charge in [0.15, 0.2) is 23.3 Å². The summed E-state index contributed by atoms with van der Waals surface area (Å²) < 4.78 is 93.6. The van der Waals surface area contributed by atoms with E-state index in [-0.39, 0.29) is 41.1 Å². The topological polar surface area (TPSA) is 104 Å². The molecule has 0 aliphatic heterocycles. The number of unbranched alkanes of at least 4 members (excludes halogenated alkanes) is 1. The highest BCUT2D eigenvalue weighted by atomic mass is 79.9. The van der Waals surface area contributed by atoms with Gasteiger partial charge < -0.3 is 14.7 Å². The number of hydrogen-bond acceptors (Lipinski definition) is 5. The zero-order chi connectivity index (χ0) is 41.8. The number of benzene rings is 4. The van der Waals surface area contributed by atoms with Crippen LogP contribution in [0, 0.1) is 35.1 Å². The number of carboxylic acids is 1. The first-order valence-corrected chi connectivity index (χ1v) is 20.6. The molecule has 5 rings (SSSR count). The van der Waals surface area contributed by atoms with Gasteiger partial charge in [0.25, 0.3) is 0 Å². The Labute approximate surface area is 339 Å². The van der Waals surface area contributed by atoms with Crippen molar-refractivity contribution >= 4 is 43.5 Å². The van der Waals surface area contributed by atoms with Gasteiger partial charge in [0.05, 0.1) is 35.4 Å². The van der Waals surface area contributed by atoms with Gasteiger partial charge in [-0.1, -0.05) is 75.9 Å². The standard InChI is InChI=1S/C43H43BrF4N2O6S/c1-6-8-9-12-27-13-10-11-14-30(27)24-49(57(54,55)41-36(44)37(45)38(46)39(47)40(41)48)25-35(51)50(33-18-17-29(42(52)53)22-34(33)56-7-2)23-26-19-31(28-15-16-28)21-32(20-26)43(3,4)5/h10-11,13-14,17-22,28H,6-8,15-16,23-25H2,1-5H3,(H,52,53). The van der Waals surface area contributed by atoms with Crippen LogP contribution in [0.3, 0.4) is 0 Å². The molecule has 8 nitrogen and oxygen atoms in total. The number of amides is 1. The molecule has 4 aromatic rings. The summed E-state index contributed by atoms with van der Waals surface area (Å²) in [5.41, 5.74) is 3.11. The van der Waals surface area contributed by atoms with Crippen molar-refractivity contribution in [3.8, 4) is 17.6 Å². The van der Waals surface area contributed by atoms with E-state index in [9.17, 15) is 36.3 Å². The second-order valence-electron chi connectivity index (χ2n) is 14.8. The Bertz CT molecular complexity index is 2340. The van der Waals surface area contributed by atoms with Crippen molar-refractivity contribution in [1.29, 1.82) is 0 Å². The largest absolute Gasteiger partial charge is 0.492 e. The third-order valence-electron chi connectivity index (χ3n) is 9.41. The summed E-state index contributed by atoms with van der Waals surface area (Å²) in [5, 5.41) is 9.76. The van der Waals surface area contributed by atoms with Crippen LogP contribution >= 0.6 is 15.9 Å². The minimum atomic E-state index is -5.36. The van der Waals surface area contributed by atoms with Crippen LogP contribution in [-0.4, -0.2) is 42.9 Å². The fraction of sp³-hybridized carbons (Fsp3) is 0.349. The number of rotatable bonds is 14. The molecule has 0 spiro atoms. The molecule has 0 atom stereocenters. The maximum atomic E-state index is 15.5. The number of carboxylic acid groups (broad SMARTS) is 1. The zero-order valence-corrected chi connectivity index (χ0v) is 34.6. The molecule has 14 heteroatoms. The average molecular weight is 872 g/mol. The number of anilines is 1. The Morgan fingerprint density at radius 1 is 0.930 bits per heavy atom. The lowest BCUT2D eigenvalue weighted by atomic mass is 9.84. The lowest BCUT2D eigenvalue weighted by Gasteiger charge is -2.30. The molecule has 1 N–H and O–H groups in total. The van der Waals surface area contributed by atoms with E-state index in [0.717, 1.165) is 30.4 Å². The third kappa shape index (κ3) is 9.88. The van der Waals surface area contributed by atoms with E-state index >= 15 is 4.39 Å². The summed E-state index contributed by atoms with van der Waals surface area (Å²) in [6.45, 7) is 8.05. The van der Waals surface area contributed by atoms with Crippen LogP contribution < -0.4 is 9.64 Å². The van der Waals surface area contributed by atoms with Gasteiger partial charge in [0.2, 0.25) is 15.9 Å². The molecular weight excluding hydrogens is 828 g/mol. The van der Waals surface area contributed by atoms with Crippen molar-refractivity contribution in [2.45, 2.75) is 89.6 Å². The molecule has 1 saturated carbocycles. The van der Waals surface area contributed by atoms with E-state index in [1.54, 1.807) is 31.2 Å². The quantitative estimate of drug-likeness (QED) is 0.0586. The lowest BCUT2D eigenvalue weighted by Crippen LogP contribution is -2.43. The van der Waals surface area contributed by atoms with Gasteiger partial charge in [-0.3, -0.25) is 4.79 Å². The van der Waals surface area contributed by atoms with Crippen molar-refractivity contribution in [1.82, 2.24) is 4.31 Å². The first-order valence-electron chi connectivity index (χ1n) is 18.4. The molecule has 0 heterocycles. The maximum Gasteiger partial charge on any atom is 0.335 e. The normalized spacial score (nSPS) is 13.0. The van der Waals surface area contributed by atoms with Gasteiger partial charge in [-0.2, -0.15) is 4.31 Å². The van der Waals surface area contributed by atoms with Crippen molar-refractivity contribution in [3.05, 3.63) is 122 Å². The van der Waals surface area contributed by atoms with Crippen LogP contribution in [0.5, 0.6) is 5.75 Å². The fourth-order valence-electron chi connectivity index (χ4n) is 6.18. The van der Waals surface area contributed by atoms with Crippen LogP contribution in [0.25, 0.3) is 0 Å². The molecule has 57 heavy (non-hydrogen) atoms. The van der Waals surface area contributed by atoms with E-state index in [2.05, 4.69) is 54.6 Å². The number of ether oxygens (including phenoxy) is 1. The van der Waals surface area contributed by atoms with Gasteiger partial charge in [0.1, 0.15) is 10.6 Å². The number of carbonyl (C=O) groups is 2. The van der Waals surface area contributed by atoms with Crippen LogP contribution in [0.15, 0.2) is 70.0 Å². The molecular formula is C43H43BrF4N2O6S. The summed E-state index contributed by atoms with van der Waals surface area (Å²) in [6, 6.07) is 16.4. The van der Waals surface area contributed by atoms with E-state index in [0.29, 0.717) is 27.8 Å². The second-order valence-corrected chi connectivity index (χ2v) is 17.4. The molecule has 0 unspecified atom stereocenters. The van der Waals surface area contributed by atoms with E-state index < -0.39 is 67.6 Å². The summed E-state index contributed by atoms with van der Waals surface area (Å²) in [7, 11) is -5.36. The van der Waals surface area contributed by atoms with E-state index in [1.807, 2.05) is 19.1 Å². The molecule has 1 amide bonds. The van der Waals surface area contributed by atoms with Gasteiger partial charge >= 0.3 is 5.97 Å². The van der Waals surface area contributed by atoms with Crippen molar-refractivity contribution < 1.29 is 45.4 Å². The first-order chi connectivity index (χ1) is 26.9. The maximum absolute atomic E-state index is 15.5. The molecule has 0 aromatic heterocycles. The third-order valence-corrected chi connectivity index (χ3v) is 12.3. The van der Waals surface area contributed by atoms with Gasteiger partial charge in [0, 0.05) is 18.5 Å². The van der Waals surface area contributed by atoms with Crippen molar-refractivity contribution in [2.24, 2.45) is 0 Å². The number of hydrogen-bond donors (Lipinski definition) is 1. The minimum Gasteiger partial charge on any atom is -0.492 e. The molecule has 1 aliphatic carbocycles. The highest BCUT2D eigenvalue weighted by molar-refractivity contribution is 9.10. The number of nitrogens with zero attached hydrogens (tertiary/aromatic N) is 2. The number of aromatic carboxylic acids is 1. The number of sulfonamides is 1. The molecule has 0 radical (unpaired) electrons. The van der Waals surface area contributed by atoms with Crippen LogP contribution in [0.1, 0.15) is 104 Å². The Kier molecular flexibility index (Phi) is 13.6. The summed E-state index contributed by atoms with van der Waals surface area (Å²) in [6.07, 6.45) is 3.26. The molecule has 1 fully saturated rings. The summed E-state index contributed by atoms with van der Waals surface area (Å²) in [5.74, 6) is -4.55. The minimum absolute atomic E-state index is 0.0163. The molecule has 1 aliphatic rings. The molecule has 0 bridgehead atoms. The zero-order valence-electron chi connectivity index (χ0n) is 32.2. The highest BCUT2D eigenvalue weighted by Crippen LogP contribution is 2.42. The Morgan fingerprint density at radius 2 is 1.61 bits per heavy atom. The predicted molar refractivity (Wildman–Crippen MR) is 213 cm³/mol. The van der Waals surface area contributed by atoms with Gasteiger partial charge in [-0.25, -0.2) is 30.8 Å². The highest BCUT2D eigenvalue weighted by Gasteiger charge is 2.38. The second kappa shape index (κ2) is 17.8. The predicted octanol–water partition coefficient (Wildman–Crippen LogP) is 9.85. The van der Waals surface area contributed by atoms with Crippen molar-refractivity contribution in [2.75, 3.05) is 18.1 Å². The molecule has 302 valence electrons. The first kappa shape index (κ1) is 43.4. The fourth-order valence-corrected chi connectivity index (χ4v) is 8.62. The van der Waals surface area contributed by atoms with E-state index in [1.165, 1.54) is 23.1 Å². The number of halogens is 5. The monoisotopic (exact) mass is 870 g/mol. The van der Waals surface area contributed by atoms with Crippen LogP contribution in [0.2, 0.25) is 0 Å². The van der Waals surface area contributed by atoms with Gasteiger partial charge in [-0.15, -0.1) is 0 Å². The van der Waals surface area contributed by atoms with Crippen molar-refractivity contribution in [3.63, 3.8) is 0 Å². The Balaban J connectivity index is 1.70. The smallest absolute Gasteiger partial charge is 0.335 e. The van der Waals surface area contributed by atoms with Crippen LogP contribution in [-0.2, 0) is 33.3 Å². The summed E-state index contributed by atoms with van der Waals surface area (Å²) in [4.78, 5) is 26.5. The summed E-state index contributed by atoms with van der Waals surface area (Å²) >= 11 is 2.62. The molecule has 0 saturated heterocycles. The number of carbonyl (C=O) groups excluding carboxylic acids is 1. The van der Waals surface area contributed by atoms with Gasteiger partial charge in [-0.05, 0) is 100.0 Å². The van der Waals surface area contributed by atoms with E-state index in [4.69, 9.17) is 4.74 Å². The lowest BCUT2D eigenvalue weighted by molar-refractivity contribution is -0.119. The SMILES string of the molecule is CCCC#Cc1ccccc1CN(CC(=O)N(Cc1cc(C2CC2)cc(C(C)(C)C)c1)c1ccc(C(=O)O)cc1OCC)S(=O)(=O)c1c(F)c(F)c(F)c(F)c1Br. The average Bonchev–Trinajstić information content (AvgIpc) is 4.02. The Hall–Kier alpha value is -4.71. The molecule has 4 aromatic carbocycles.